The van der Waals surface area contributed by atoms with E-state index in [1.54, 1.807) is 13.0 Å². The molecule has 0 radical (unpaired) electrons. The molecule has 2 rings (SSSR count). The summed E-state index contributed by atoms with van der Waals surface area (Å²) in [5.41, 5.74) is 0.143. The standard InChI is InChI=1S/C11H12ClNO4S2/c1-8(6-12)7-18(14,15)11-9-4-2-3-5-10(9)19(16,17)13-11/h2-5,8H,6-7H2,1H3. The van der Waals surface area contributed by atoms with Crippen molar-refractivity contribution in [1.29, 1.82) is 0 Å². The summed E-state index contributed by atoms with van der Waals surface area (Å²) >= 11 is 5.60. The maximum absolute atomic E-state index is 12.2. The molecule has 0 saturated carbocycles. The van der Waals surface area contributed by atoms with Crippen LogP contribution in [0.4, 0.5) is 0 Å². The van der Waals surface area contributed by atoms with Gasteiger partial charge >= 0.3 is 0 Å². The van der Waals surface area contributed by atoms with Crippen molar-refractivity contribution in [3.05, 3.63) is 29.8 Å². The molecule has 0 fully saturated rings. The van der Waals surface area contributed by atoms with Gasteiger partial charge in [-0.2, -0.15) is 8.42 Å². The van der Waals surface area contributed by atoms with Gasteiger partial charge in [0.15, 0.2) is 14.9 Å². The quantitative estimate of drug-likeness (QED) is 0.789. The Morgan fingerprint density at radius 1 is 1.32 bits per heavy atom. The number of sulfone groups is 1. The molecule has 1 unspecified atom stereocenters. The predicted octanol–water partition coefficient (Wildman–Crippen LogP) is 1.43. The molecule has 19 heavy (non-hydrogen) atoms. The lowest BCUT2D eigenvalue weighted by molar-refractivity contribution is 0.593. The summed E-state index contributed by atoms with van der Waals surface area (Å²) in [6.45, 7) is 1.68. The van der Waals surface area contributed by atoms with Crippen LogP contribution < -0.4 is 0 Å². The summed E-state index contributed by atoms with van der Waals surface area (Å²) in [4.78, 5) is -0.0629. The number of rotatable bonds is 3. The molecule has 1 heterocycles. The van der Waals surface area contributed by atoms with Crippen molar-refractivity contribution in [3.63, 3.8) is 0 Å². The molecule has 104 valence electrons. The SMILES string of the molecule is CC(CCl)CS(=O)(=O)C1=NS(=O)(=O)c2ccccc21. The van der Waals surface area contributed by atoms with Gasteiger partial charge in [0, 0.05) is 11.4 Å². The highest BCUT2D eigenvalue weighted by atomic mass is 35.5. The van der Waals surface area contributed by atoms with Gasteiger partial charge in [-0.3, -0.25) is 0 Å². The molecule has 0 amide bonds. The molecular formula is C11H12ClNO4S2. The first-order chi connectivity index (χ1) is 8.78. The summed E-state index contributed by atoms with van der Waals surface area (Å²) in [6.07, 6.45) is 0. The summed E-state index contributed by atoms with van der Waals surface area (Å²) < 4.78 is 51.4. The van der Waals surface area contributed by atoms with E-state index in [2.05, 4.69) is 4.40 Å². The summed E-state index contributed by atoms with van der Waals surface area (Å²) in [5, 5.41) is -0.375. The second-order valence-electron chi connectivity index (χ2n) is 4.41. The number of halogens is 1. The number of sulfonamides is 1. The Morgan fingerprint density at radius 3 is 2.58 bits per heavy atom. The minimum atomic E-state index is -3.90. The maximum atomic E-state index is 12.2. The summed E-state index contributed by atoms with van der Waals surface area (Å²) in [6, 6.07) is 5.90. The zero-order valence-corrected chi connectivity index (χ0v) is 12.5. The van der Waals surface area contributed by atoms with Crippen LogP contribution in [0.5, 0.6) is 0 Å². The first kappa shape index (κ1) is 14.5. The second-order valence-corrected chi connectivity index (χ2v) is 8.24. The molecule has 0 bridgehead atoms. The van der Waals surface area contributed by atoms with E-state index >= 15 is 0 Å². The van der Waals surface area contributed by atoms with E-state index in [9.17, 15) is 16.8 Å². The molecule has 0 aliphatic carbocycles. The smallest absolute Gasteiger partial charge is 0.222 e. The topological polar surface area (TPSA) is 80.6 Å². The lowest BCUT2D eigenvalue weighted by Crippen LogP contribution is -2.23. The highest BCUT2D eigenvalue weighted by molar-refractivity contribution is 8.08. The number of fused-ring (bicyclic) bond motifs is 1. The molecule has 8 heteroatoms. The molecular weight excluding hydrogens is 310 g/mol. The van der Waals surface area contributed by atoms with Crippen LogP contribution in [0.2, 0.25) is 0 Å². The number of hydrogen-bond donors (Lipinski definition) is 0. The van der Waals surface area contributed by atoms with Crippen LogP contribution in [0.1, 0.15) is 12.5 Å². The van der Waals surface area contributed by atoms with Gasteiger partial charge in [-0.1, -0.05) is 25.1 Å². The highest BCUT2D eigenvalue weighted by Gasteiger charge is 2.36. The van der Waals surface area contributed by atoms with Crippen molar-refractivity contribution in [2.24, 2.45) is 10.3 Å². The predicted molar refractivity (Wildman–Crippen MR) is 73.8 cm³/mol. The van der Waals surface area contributed by atoms with Gasteiger partial charge in [0.25, 0.3) is 10.0 Å². The van der Waals surface area contributed by atoms with E-state index < -0.39 is 19.9 Å². The fraction of sp³-hybridized carbons (Fsp3) is 0.364. The largest absolute Gasteiger partial charge is 0.284 e. The number of hydrogen-bond acceptors (Lipinski definition) is 4. The summed E-state index contributed by atoms with van der Waals surface area (Å²) in [5.74, 6) is -0.315. The second kappa shape index (κ2) is 4.88. The molecule has 1 aliphatic heterocycles. The van der Waals surface area contributed by atoms with Crippen LogP contribution in [-0.2, 0) is 19.9 Å². The van der Waals surface area contributed by atoms with Crippen molar-refractivity contribution >= 4 is 36.5 Å². The fourth-order valence-electron chi connectivity index (χ4n) is 1.80. The molecule has 1 aromatic carbocycles. The van der Waals surface area contributed by atoms with E-state index in [1.807, 2.05) is 0 Å². The van der Waals surface area contributed by atoms with Gasteiger partial charge in [0.2, 0.25) is 0 Å². The van der Waals surface area contributed by atoms with Crippen molar-refractivity contribution < 1.29 is 16.8 Å². The Kier molecular flexibility index (Phi) is 3.72. The molecule has 5 nitrogen and oxygen atoms in total. The van der Waals surface area contributed by atoms with Crippen LogP contribution >= 0.6 is 11.6 Å². The Balaban J connectivity index is 2.54. The Labute approximate surface area is 117 Å². The number of benzene rings is 1. The maximum Gasteiger partial charge on any atom is 0.284 e. The van der Waals surface area contributed by atoms with Crippen LogP contribution in [0.15, 0.2) is 33.6 Å². The van der Waals surface area contributed by atoms with Crippen LogP contribution in [-0.4, -0.2) is 33.5 Å². The third-order valence-electron chi connectivity index (χ3n) is 2.66. The molecule has 1 atom stereocenters. The number of nitrogens with zero attached hydrogens (tertiary/aromatic N) is 1. The minimum Gasteiger partial charge on any atom is -0.222 e. The van der Waals surface area contributed by atoms with Crippen molar-refractivity contribution in [3.8, 4) is 0 Å². The molecule has 0 N–H and O–H groups in total. The van der Waals surface area contributed by atoms with Crippen molar-refractivity contribution in [2.75, 3.05) is 11.6 Å². The number of alkyl halides is 1. The molecule has 0 saturated heterocycles. The van der Waals surface area contributed by atoms with Gasteiger partial charge in [0.1, 0.15) is 0 Å². The van der Waals surface area contributed by atoms with Crippen LogP contribution in [0.25, 0.3) is 0 Å². The normalized spacial score (nSPS) is 18.7. The Bertz CT molecular complexity index is 738. The van der Waals surface area contributed by atoms with Gasteiger partial charge < -0.3 is 0 Å². The van der Waals surface area contributed by atoms with E-state index in [0.29, 0.717) is 0 Å². The van der Waals surface area contributed by atoms with Gasteiger partial charge in [-0.05, 0) is 12.0 Å². The molecule has 0 aromatic heterocycles. The first-order valence-electron chi connectivity index (χ1n) is 5.51. The third kappa shape index (κ3) is 2.68. The highest BCUT2D eigenvalue weighted by Crippen LogP contribution is 2.28. The Morgan fingerprint density at radius 2 is 1.95 bits per heavy atom. The molecule has 1 aromatic rings. The fourth-order valence-corrected chi connectivity index (χ4v) is 5.50. The molecule has 1 aliphatic rings. The van der Waals surface area contributed by atoms with Crippen LogP contribution in [0.3, 0.4) is 0 Å². The van der Waals surface area contributed by atoms with Crippen LogP contribution in [0, 0.1) is 5.92 Å². The van der Waals surface area contributed by atoms with Gasteiger partial charge in [-0.15, -0.1) is 16.0 Å². The average molecular weight is 322 g/mol. The van der Waals surface area contributed by atoms with E-state index in [4.69, 9.17) is 11.6 Å². The van der Waals surface area contributed by atoms with Crippen molar-refractivity contribution in [1.82, 2.24) is 0 Å². The minimum absolute atomic E-state index is 0.0629. The lowest BCUT2D eigenvalue weighted by Gasteiger charge is -2.08. The van der Waals surface area contributed by atoms with E-state index in [1.165, 1.54) is 18.2 Å². The monoisotopic (exact) mass is 321 g/mol. The van der Waals surface area contributed by atoms with Gasteiger partial charge in [-0.25, -0.2) is 8.42 Å². The van der Waals surface area contributed by atoms with Crippen molar-refractivity contribution in [2.45, 2.75) is 11.8 Å². The Hall–Kier alpha value is -0.920. The van der Waals surface area contributed by atoms with E-state index in [-0.39, 0.29) is 33.1 Å². The zero-order valence-electron chi connectivity index (χ0n) is 10.1. The van der Waals surface area contributed by atoms with Gasteiger partial charge in [0.05, 0.1) is 10.6 Å². The first-order valence-corrected chi connectivity index (χ1v) is 9.14. The lowest BCUT2D eigenvalue weighted by atomic mass is 10.2. The van der Waals surface area contributed by atoms with E-state index in [0.717, 1.165) is 0 Å². The average Bonchev–Trinajstić information content (AvgIpc) is 2.62. The molecule has 0 spiro atoms. The third-order valence-corrected chi connectivity index (χ3v) is 6.55. The zero-order chi connectivity index (χ0) is 14.3. The summed E-state index contributed by atoms with van der Waals surface area (Å²) in [7, 11) is -7.67.